The molecule has 0 aliphatic carbocycles. The summed E-state index contributed by atoms with van der Waals surface area (Å²) in [5.41, 5.74) is 1.20. The first-order chi connectivity index (χ1) is 5.79. The summed E-state index contributed by atoms with van der Waals surface area (Å²) in [5, 5.41) is 10.5. The fraction of sp³-hybridized carbons (Fsp3) is 0. The van der Waals surface area contributed by atoms with Crippen molar-refractivity contribution in [1.82, 2.24) is 4.37 Å². The molecule has 0 spiro atoms. The number of benzene rings is 1. The number of nitro groups is 1. The molecule has 6 heteroatoms. The summed E-state index contributed by atoms with van der Waals surface area (Å²) < 4.78 is 6.70. The lowest BCUT2D eigenvalue weighted by Gasteiger charge is -1.85. The molecular weight excluding hydrogens is 178 g/mol. The molecule has 0 saturated carbocycles. The first-order valence-electron chi connectivity index (χ1n) is 3.19. The zero-order valence-electron chi connectivity index (χ0n) is 5.85. The fourth-order valence-electron chi connectivity index (χ4n) is 0.979. The van der Waals surface area contributed by atoms with Crippen molar-refractivity contribution in [3.8, 4) is 0 Å². The van der Waals surface area contributed by atoms with Crippen LogP contribution in [0.5, 0.6) is 0 Å². The minimum absolute atomic E-state index is 0.0706. The summed E-state index contributed by atoms with van der Waals surface area (Å²) >= 11 is 1.10. The van der Waals surface area contributed by atoms with Crippen LogP contribution in [0.15, 0.2) is 18.2 Å². The van der Waals surface area contributed by atoms with Crippen molar-refractivity contribution in [2.75, 3.05) is 0 Å². The number of H-pyrrole nitrogens is 1. The van der Waals surface area contributed by atoms with E-state index in [1.165, 1.54) is 6.07 Å². The van der Waals surface area contributed by atoms with Crippen LogP contribution in [0.4, 0.5) is 5.69 Å². The van der Waals surface area contributed by atoms with Crippen molar-refractivity contribution in [3.05, 3.63) is 28.3 Å². The Morgan fingerprint density at radius 1 is 1.58 bits per heavy atom. The monoisotopic (exact) mass is 182 g/mol. The average Bonchev–Trinajstić information content (AvgIpc) is 2.49. The van der Waals surface area contributed by atoms with Crippen molar-refractivity contribution < 1.29 is 9.30 Å². The molecule has 1 heterocycles. The summed E-state index contributed by atoms with van der Waals surface area (Å²) in [6, 6.07) is 4.80. The van der Waals surface area contributed by atoms with Gasteiger partial charge in [-0.3, -0.25) is 10.1 Å². The van der Waals surface area contributed by atoms with Gasteiger partial charge < -0.3 is 0 Å². The van der Waals surface area contributed by atoms with Crippen LogP contribution in [0, 0.1) is 10.1 Å². The predicted octanol–water partition coefficient (Wildman–Crippen LogP) is 1.02. The number of nitro benzene ring substituents is 1. The third-order valence-corrected chi connectivity index (χ3v) is 2.09. The first-order valence-corrected chi connectivity index (χ1v) is 3.97. The van der Waals surface area contributed by atoms with E-state index in [4.69, 9.17) is 0 Å². The molecular formula is C6H4N3O2S+. The molecule has 0 radical (unpaired) electrons. The molecule has 0 aliphatic rings. The van der Waals surface area contributed by atoms with Crippen LogP contribution in [0.1, 0.15) is 0 Å². The molecule has 2 rings (SSSR count). The molecule has 0 bridgehead atoms. The molecule has 1 aromatic heterocycles. The minimum atomic E-state index is -0.423. The van der Waals surface area contributed by atoms with Crippen molar-refractivity contribution in [1.29, 1.82) is 0 Å². The molecule has 0 amide bonds. The van der Waals surface area contributed by atoms with Gasteiger partial charge in [0.15, 0.2) is 0 Å². The molecule has 2 aromatic rings. The van der Waals surface area contributed by atoms with Crippen molar-refractivity contribution in [2.45, 2.75) is 0 Å². The standard InChI is InChI=1S/C6H3N3O2S/c10-9(11)5-3-1-2-4-6(5)8-12-7-4/h1-3H/p+1. The fourth-order valence-corrected chi connectivity index (χ4v) is 1.58. The van der Waals surface area contributed by atoms with Gasteiger partial charge in [-0.1, -0.05) is 6.07 Å². The number of hydrogen-bond donors (Lipinski definition) is 0. The van der Waals surface area contributed by atoms with Gasteiger partial charge in [-0.25, -0.2) is 0 Å². The van der Waals surface area contributed by atoms with E-state index < -0.39 is 4.92 Å². The molecule has 0 saturated heterocycles. The van der Waals surface area contributed by atoms with Gasteiger partial charge in [-0.05, 0) is 6.07 Å². The third kappa shape index (κ3) is 0.928. The number of hydrogen-bond acceptors (Lipinski definition) is 4. The number of para-hydroxylation sites is 1. The van der Waals surface area contributed by atoms with Gasteiger partial charge in [0.1, 0.15) is 0 Å². The van der Waals surface area contributed by atoms with E-state index >= 15 is 0 Å². The Labute approximate surface area is 71.1 Å². The quantitative estimate of drug-likeness (QED) is 0.488. The topological polar surface area (TPSA) is 70.2 Å². The maximum atomic E-state index is 10.5. The molecule has 0 unspecified atom stereocenters. The number of aromatic amines is 1. The highest BCUT2D eigenvalue weighted by atomic mass is 32.1. The number of aromatic nitrogens is 2. The van der Waals surface area contributed by atoms with Gasteiger partial charge in [-0.15, -0.1) is 0 Å². The lowest BCUT2D eigenvalue weighted by molar-refractivity contribution is -0.390. The van der Waals surface area contributed by atoms with Gasteiger partial charge >= 0.3 is 5.69 Å². The van der Waals surface area contributed by atoms with Gasteiger partial charge in [0.05, 0.1) is 4.92 Å². The van der Waals surface area contributed by atoms with E-state index in [-0.39, 0.29) is 5.69 Å². The second-order valence-electron chi connectivity index (χ2n) is 2.21. The maximum Gasteiger partial charge on any atom is 0.321 e. The molecule has 5 nitrogen and oxygen atoms in total. The second kappa shape index (κ2) is 2.49. The van der Waals surface area contributed by atoms with Crippen LogP contribution < -0.4 is 4.37 Å². The SMILES string of the molecule is O=[N+]([O-])c1cccc2ns[nH+]c12. The van der Waals surface area contributed by atoms with Crippen molar-refractivity contribution >= 4 is 28.4 Å². The summed E-state index contributed by atoms with van der Waals surface area (Å²) in [6.07, 6.45) is 0. The molecule has 12 heavy (non-hydrogen) atoms. The highest BCUT2D eigenvalue weighted by molar-refractivity contribution is 6.95. The Balaban J connectivity index is 2.82. The number of nitrogens with zero attached hydrogens (tertiary/aromatic N) is 2. The van der Waals surface area contributed by atoms with Crippen LogP contribution in [-0.2, 0) is 0 Å². The summed E-state index contributed by atoms with van der Waals surface area (Å²) in [6.45, 7) is 0. The van der Waals surface area contributed by atoms with Crippen LogP contribution in [0.2, 0.25) is 0 Å². The van der Waals surface area contributed by atoms with Crippen LogP contribution in [0.3, 0.4) is 0 Å². The van der Waals surface area contributed by atoms with Crippen LogP contribution in [0.25, 0.3) is 11.0 Å². The van der Waals surface area contributed by atoms with Gasteiger partial charge in [-0.2, -0.15) is 4.37 Å². The van der Waals surface area contributed by atoms with E-state index in [0.29, 0.717) is 11.0 Å². The number of fused-ring (bicyclic) bond motifs is 1. The normalized spacial score (nSPS) is 10.3. The number of rotatable bonds is 1. The molecule has 1 N–H and O–H groups in total. The Morgan fingerprint density at radius 2 is 2.42 bits per heavy atom. The molecule has 0 atom stereocenters. The lowest BCUT2D eigenvalue weighted by atomic mass is 10.3. The second-order valence-corrected chi connectivity index (χ2v) is 2.78. The third-order valence-electron chi connectivity index (χ3n) is 1.51. The summed E-state index contributed by atoms with van der Waals surface area (Å²) in [4.78, 5) is 10.1. The van der Waals surface area contributed by atoms with E-state index in [0.717, 1.165) is 11.7 Å². The van der Waals surface area contributed by atoms with E-state index in [9.17, 15) is 10.1 Å². The van der Waals surface area contributed by atoms with Gasteiger partial charge in [0, 0.05) is 10.4 Å². The zero-order valence-corrected chi connectivity index (χ0v) is 6.67. The Kier molecular flexibility index (Phi) is 1.47. The molecule has 0 fully saturated rings. The highest BCUT2D eigenvalue weighted by Crippen LogP contribution is 2.19. The predicted molar refractivity (Wildman–Crippen MR) is 42.8 cm³/mol. The lowest BCUT2D eigenvalue weighted by Crippen LogP contribution is -1.97. The Bertz CT molecular complexity index is 439. The molecule has 1 aromatic carbocycles. The molecule has 60 valence electrons. The molecule has 0 aliphatic heterocycles. The average molecular weight is 182 g/mol. The first kappa shape index (κ1) is 7.11. The maximum absolute atomic E-state index is 10.5. The van der Waals surface area contributed by atoms with Gasteiger partial charge in [0.25, 0.3) is 17.2 Å². The smallest absolute Gasteiger partial charge is 0.258 e. The van der Waals surface area contributed by atoms with Crippen molar-refractivity contribution in [3.63, 3.8) is 0 Å². The van der Waals surface area contributed by atoms with E-state index in [1.54, 1.807) is 12.1 Å². The summed E-state index contributed by atoms with van der Waals surface area (Å²) in [7, 11) is 0. The Hall–Kier alpha value is -1.56. The number of non-ortho nitro benzene ring substituents is 1. The highest BCUT2D eigenvalue weighted by Gasteiger charge is 2.18. The van der Waals surface area contributed by atoms with E-state index in [1.807, 2.05) is 0 Å². The minimum Gasteiger partial charge on any atom is -0.258 e. The largest absolute Gasteiger partial charge is 0.321 e. The van der Waals surface area contributed by atoms with Crippen LogP contribution in [-0.4, -0.2) is 9.30 Å². The summed E-state index contributed by atoms with van der Waals surface area (Å²) in [5.74, 6) is 0. The van der Waals surface area contributed by atoms with E-state index in [2.05, 4.69) is 8.75 Å². The Morgan fingerprint density at radius 3 is 3.17 bits per heavy atom. The number of nitrogens with one attached hydrogen (secondary N) is 1. The zero-order chi connectivity index (χ0) is 8.55. The van der Waals surface area contributed by atoms with Crippen molar-refractivity contribution in [2.24, 2.45) is 0 Å². The van der Waals surface area contributed by atoms with Crippen LogP contribution >= 0.6 is 11.7 Å². The van der Waals surface area contributed by atoms with Gasteiger partial charge in [0.2, 0.25) is 5.52 Å².